The second-order valence-electron chi connectivity index (χ2n) is 4.87. The van der Waals surface area contributed by atoms with Crippen molar-refractivity contribution in [2.75, 3.05) is 31.1 Å². The highest BCUT2D eigenvalue weighted by molar-refractivity contribution is 14.1. The Morgan fingerprint density at radius 1 is 1.05 bits per heavy atom. The molecule has 1 aromatic heterocycles. The lowest BCUT2D eigenvalue weighted by atomic mass is 10.2. The smallest absolute Gasteiger partial charge is 0.253 e. The molecule has 0 bridgehead atoms. The van der Waals surface area contributed by atoms with E-state index in [0.29, 0.717) is 13.1 Å². The highest BCUT2D eigenvalue weighted by Crippen LogP contribution is 2.14. The van der Waals surface area contributed by atoms with E-state index < -0.39 is 0 Å². The largest absolute Gasteiger partial charge is 0.352 e. The lowest BCUT2D eigenvalue weighted by molar-refractivity contribution is 0.0746. The number of aromatic nitrogens is 2. The van der Waals surface area contributed by atoms with Gasteiger partial charge in [-0.1, -0.05) is 0 Å². The second kappa shape index (κ2) is 6.38. The van der Waals surface area contributed by atoms with E-state index in [1.54, 1.807) is 6.20 Å². The summed E-state index contributed by atoms with van der Waals surface area (Å²) in [5, 5.41) is 8.01. The third kappa shape index (κ3) is 3.31. The molecule has 1 saturated heterocycles. The Morgan fingerprint density at radius 2 is 1.76 bits per heavy atom. The van der Waals surface area contributed by atoms with Gasteiger partial charge in [-0.2, -0.15) is 5.10 Å². The summed E-state index contributed by atoms with van der Waals surface area (Å²) in [7, 11) is 0. The third-order valence-corrected chi connectivity index (χ3v) is 4.26. The first-order chi connectivity index (χ1) is 10.2. The predicted octanol–water partition coefficient (Wildman–Crippen LogP) is 2.04. The Balaban J connectivity index is 1.63. The molecule has 1 aliphatic rings. The molecule has 1 aliphatic heterocycles. The van der Waals surface area contributed by atoms with Gasteiger partial charge in [0.25, 0.3) is 5.91 Å². The highest BCUT2D eigenvalue weighted by Gasteiger charge is 2.22. The van der Waals surface area contributed by atoms with Gasteiger partial charge in [0.1, 0.15) is 0 Å². The fraction of sp³-hybridized carbons (Fsp3) is 0.267. The molecule has 6 heteroatoms. The predicted molar refractivity (Wildman–Crippen MR) is 89.3 cm³/mol. The number of hydrogen-bond donors (Lipinski definition) is 0. The summed E-state index contributed by atoms with van der Waals surface area (Å²) in [6.45, 7) is 2.99. The number of piperazine rings is 1. The zero-order valence-corrected chi connectivity index (χ0v) is 13.6. The van der Waals surface area contributed by atoms with E-state index in [-0.39, 0.29) is 5.91 Å². The molecule has 1 aromatic carbocycles. The SMILES string of the molecule is O=C(c1ccc(I)cc1)N1CCN(c2cccnn2)CC1. The normalized spacial score (nSPS) is 15.1. The highest BCUT2D eigenvalue weighted by atomic mass is 127. The third-order valence-electron chi connectivity index (χ3n) is 3.54. The van der Waals surface area contributed by atoms with Crippen molar-refractivity contribution in [3.63, 3.8) is 0 Å². The molecular formula is C15H15IN4O. The molecule has 0 unspecified atom stereocenters. The lowest BCUT2D eigenvalue weighted by Crippen LogP contribution is -2.49. The lowest BCUT2D eigenvalue weighted by Gasteiger charge is -2.35. The Hall–Kier alpha value is -1.70. The molecule has 108 valence electrons. The van der Waals surface area contributed by atoms with Crippen molar-refractivity contribution in [1.82, 2.24) is 15.1 Å². The van der Waals surface area contributed by atoms with E-state index in [2.05, 4.69) is 37.7 Å². The summed E-state index contributed by atoms with van der Waals surface area (Å²) >= 11 is 2.24. The summed E-state index contributed by atoms with van der Waals surface area (Å²) in [5.41, 5.74) is 0.753. The number of carbonyl (C=O) groups is 1. The summed E-state index contributed by atoms with van der Waals surface area (Å²) in [5.74, 6) is 0.976. The molecule has 0 N–H and O–H groups in total. The van der Waals surface area contributed by atoms with Gasteiger partial charge in [0.15, 0.2) is 5.82 Å². The summed E-state index contributed by atoms with van der Waals surface area (Å²) in [6, 6.07) is 11.5. The Kier molecular flexibility index (Phi) is 4.33. The number of hydrogen-bond acceptors (Lipinski definition) is 4. The quantitative estimate of drug-likeness (QED) is 0.732. The van der Waals surface area contributed by atoms with E-state index in [9.17, 15) is 4.79 Å². The number of amides is 1. The van der Waals surface area contributed by atoms with Crippen LogP contribution in [0.5, 0.6) is 0 Å². The minimum absolute atomic E-state index is 0.102. The van der Waals surface area contributed by atoms with Crippen LogP contribution in [-0.4, -0.2) is 47.2 Å². The molecule has 1 fully saturated rings. The maximum Gasteiger partial charge on any atom is 0.253 e. The van der Waals surface area contributed by atoms with Crippen molar-refractivity contribution >= 4 is 34.3 Å². The van der Waals surface area contributed by atoms with E-state index in [1.165, 1.54) is 0 Å². The van der Waals surface area contributed by atoms with Crippen LogP contribution in [0, 0.1) is 3.57 Å². The first-order valence-electron chi connectivity index (χ1n) is 6.81. The van der Waals surface area contributed by atoms with Crippen molar-refractivity contribution in [1.29, 1.82) is 0 Å². The topological polar surface area (TPSA) is 49.3 Å². The number of nitrogens with zero attached hydrogens (tertiary/aromatic N) is 4. The van der Waals surface area contributed by atoms with Crippen molar-refractivity contribution in [2.45, 2.75) is 0 Å². The minimum Gasteiger partial charge on any atom is -0.352 e. The van der Waals surface area contributed by atoms with Crippen LogP contribution in [0.3, 0.4) is 0 Å². The number of rotatable bonds is 2. The van der Waals surface area contributed by atoms with Crippen LogP contribution in [0.1, 0.15) is 10.4 Å². The van der Waals surface area contributed by atoms with Crippen molar-refractivity contribution < 1.29 is 4.79 Å². The van der Waals surface area contributed by atoms with Gasteiger partial charge in [0.2, 0.25) is 0 Å². The first-order valence-corrected chi connectivity index (χ1v) is 7.89. The van der Waals surface area contributed by atoms with Gasteiger partial charge in [0, 0.05) is 41.5 Å². The van der Waals surface area contributed by atoms with Crippen molar-refractivity contribution in [2.24, 2.45) is 0 Å². The van der Waals surface area contributed by atoms with Gasteiger partial charge >= 0.3 is 0 Å². The van der Waals surface area contributed by atoms with Crippen LogP contribution in [0.15, 0.2) is 42.6 Å². The summed E-state index contributed by atoms with van der Waals surface area (Å²) in [6.07, 6.45) is 1.67. The molecule has 0 saturated carbocycles. The van der Waals surface area contributed by atoms with Gasteiger partial charge in [0.05, 0.1) is 0 Å². The van der Waals surface area contributed by atoms with Gasteiger partial charge in [-0.05, 0) is 59.0 Å². The number of anilines is 1. The molecule has 0 aliphatic carbocycles. The molecule has 3 rings (SSSR count). The Labute approximate surface area is 137 Å². The molecule has 5 nitrogen and oxygen atoms in total. The van der Waals surface area contributed by atoms with Crippen LogP contribution < -0.4 is 4.90 Å². The zero-order chi connectivity index (χ0) is 14.7. The van der Waals surface area contributed by atoms with Crippen LogP contribution >= 0.6 is 22.6 Å². The van der Waals surface area contributed by atoms with Crippen LogP contribution in [-0.2, 0) is 0 Å². The van der Waals surface area contributed by atoms with E-state index in [0.717, 1.165) is 28.0 Å². The maximum atomic E-state index is 12.4. The fourth-order valence-electron chi connectivity index (χ4n) is 2.38. The molecule has 2 heterocycles. The first kappa shape index (κ1) is 14.2. The fourth-order valence-corrected chi connectivity index (χ4v) is 2.74. The average molecular weight is 394 g/mol. The second-order valence-corrected chi connectivity index (χ2v) is 6.11. The molecule has 1 amide bonds. The molecule has 21 heavy (non-hydrogen) atoms. The summed E-state index contributed by atoms with van der Waals surface area (Å²) in [4.78, 5) is 16.5. The standard InChI is InChI=1S/C15H15IN4O/c16-13-5-3-12(4-6-13)15(21)20-10-8-19(9-11-20)14-2-1-7-17-18-14/h1-7H,8-11H2. The van der Waals surface area contributed by atoms with Crippen LogP contribution in [0.25, 0.3) is 0 Å². The minimum atomic E-state index is 0.102. The summed E-state index contributed by atoms with van der Waals surface area (Å²) < 4.78 is 1.14. The molecule has 0 spiro atoms. The Bertz CT molecular complexity index is 609. The number of halogens is 1. The molecule has 0 radical (unpaired) electrons. The van der Waals surface area contributed by atoms with Gasteiger partial charge < -0.3 is 9.80 Å². The maximum absolute atomic E-state index is 12.4. The molecule has 0 atom stereocenters. The Morgan fingerprint density at radius 3 is 2.38 bits per heavy atom. The monoisotopic (exact) mass is 394 g/mol. The number of benzene rings is 1. The van der Waals surface area contributed by atoms with Gasteiger partial charge in [-0.3, -0.25) is 4.79 Å². The van der Waals surface area contributed by atoms with Crippen LogP contribution in [0.2, 0.25) is 0 Å². The van der Waals surface area contributed by atoms with Crippen molar-refractivity contribution in [3.8, 4) is 0 Å². The average Bonchev–Trinajstić information content (AvgIpc) is 2.56. The van der Waals surface area contributed by atoms with E-state index in [1.807, 2.05) is 41.3 Å². The molecule has 2 aromatic rings. The van der Waals surface area contributed by atoms with Crippen LogP contribution in [0.4, 0.5) is 5.82 Å². The van der Waals surface area contributed by atoms with E-state index in [4.69, 9.17) is 0 Å². The van der Waals surface area contributed by atoms with Gasteiger partial charge in [-0.25, -0.2) is 0 Å². The molecular weight excluding hydrogens is 379 g/mol. The number of carbonyl (C=O) groups excluding carboxylic acids is 1. The van der Waals surface area contributed by atoms with Gasteiger partial charge in [-0.15, -0.1) is 5.10 Å². The van der Waals surface area contributed by atoms with Crippen molar-refractivity contribution in [3.05, 3.63) is 51.7 Å². The van der Waals surface area contributed by atoms with E-state index >= 15 is 0 Å². The zero-order valence-electron chi connectivity index (χ0n) is 11.4.